The molecule has 0 aromatic heterocycles. The summed E-state index contributed by atoms with van der Waals surface area (Å²) in [6.07, 6.45) is 16.5. The van der Waals surface area contributed by atoms with E-state index in [1.807, 2.05) is 0 Å². The maximum absolute atomic E-state index is 10.1. The topological polar surface area (TPSA) is 49.7 Å². The molecule has 3 fully saturated rings. The Morgan fingerprint density at radius 1 is 1.14 bits per heavy atom. The molecule has 0 aliphatic heterocycles. The number of rotatable bonds is 7. The average molecular weight is 391 g/mol. The third-order valence-electron chi connectivity index (χ3n) is 9.36. The second kappa shape index (κ2) is 8.78. The van der Waals surface area contributed by atoms with Crippen molar-refractivity contribution in [2.24, 2.45) is 35.0 Å². The van der Waals surface area contributed by atoms with Gasteiger partial charge in [0.25, 0.3) is 0 Å². The van der Waals surface area contributed by atoms with Gasteiger partial charge in [-0.05, 0) is 106 Å². The smallest absolute Gasteiger partial charge is 0.0577 e. The van der Waals surface area contributed by atoms with Gasteiger partial charge in [-0.1, -0.05) is 25.0 Å². The first-order valence-corrected chi connectivity index (χ1v) is 12.1. The minimum atomic E-state index is -0.191. The maximum atomic E-state index is 10.1. The number of aliphatic hydroxyl groups excluding tert-OH is 2. The SMILES string of the molecule is COCCC(O)CCCC1CCC2C3CC=C4CC(O)CCC4C3CCC12C. The second-order valence-corrected chi connectivity index (χ2v) is 10.7. The predicted octanol–water partition coefficient (Wildman–Crippen LogP) is 5.10. The summed E-state index contributed by atoms with van der Waals surface area (Å²) < 4.78 is 5.09. The van der Waals surface area contributed by atoms with E-state index in [4.69, 9.17) is 4.74 Å². The van der Waals surface area contributed by atoms with Crippen molar-refractivity contribution in [3.63, 3.8) is 0 Å². The van der Waals surface area contributed by atoms with Crippen molar-refractivity contribution in [2.45, 2.75) is 96.2 Å². The van der Waals surface area contributed by atoms with E-state index in [-0.39, 0.29) is 12.2 Å². The summed E-state index contributed by atoms with van der Waals surface area (Å²) >= 11 is 0. The highest BCUT2D eigenvalue weighted by atomic mass is 16.5. The Hall–Kier alpha value is -0.380. The van der Waals surface area contributed by atoms with E-state index in [0.29, 0.717) is 12.0 Å². The summed E-state index contributed by atoms with van der Waals surface area (Å²) in [6, 6.07) is 0. The van der Waals surface area contributed by atoms with E-state index in [0.717, 1.165) is 61.7 Å². The Bertz CT molecular complexity index is 558. The maximum Gasteiger partial charge on any atom is 0.0577 e. The molecule has 0 amide bonds. The summed E-state index contributed by atoms with van der Waals surface area (Å²) in [7, 11) is 1.71. The van der Waals surface area contributed by atoms with Gasteiger partial charge in [0.05, 0.1) is 12.2 Å². The zero-order valence-corrected chi connectivity index (χ0v) is 18.1. The van der Waals surface area contributed by atoms with Crippen LogP contribution in [0.2, 0.25) is 0 Å². The first-order valence-electron chi connectivity index (χ1n) is 12.1. The largest absolute Gasteiger partial charge is 0.393 e. The molecule has 3 nitrogen and oxygen atoms in total. The molecule has 0 aromatic carbocycles. The number of hydrogen-bond donors (Lipinski definition) is 2. The molecule has 3 heteroatoms. The van der Waals surface area contributed by atoms with Crippen LogP contribution >= 0.6 is 0 Å². The molecule has 0 saturated heterocycles. The fourth-order valence-electron chi connectivity index (χ4n) is 7.83. The van der Waals surface area contributed by atoms with Crippen molar-refractivity contribution in [3.05, 3.63) is 11.6 Å². The number of hydrogen-bond acceptors (Lipinski definition) is 3. The fourth-order valence-corrected chi connectivity index (χ4v) is 7.83. The van der Waals surface area contributed by atoms with Crippen LogP contribution in [0.5, 0.6) is 0 Å². The van der Waals surface area contributed by atoms with Gasteiger partial charge in [-0.25, -0.2) is 0 Å². The molecule has 160 valence electrons. The van der Waals surface area contributed by atoms with Crippen LogP contribution in [-0.2, 0) is 4.74 Å². The van der Waals surface area contributed by atoms with Crippen LogP contribution in [0.15, 0.2) is 11.6 Å². The lowest BCUT2D eigenvalue weighted by atomic mass is 9.51. The molecule has 0 bridgehead atoms. The Morgan fingerprint density at radius 3 is 2.82 bits per heavy atom. The summed E-state index contributed by atoms with van der Waals surface area (Å²) in [5.41, 5.74) is 2.13. The molecular formula is C25H42O3. The minimum Gasteiger partial charge on any atom is -0.393 e. The molecule has 0 aromatic rings. The van der Waals surface area contributed by atoms with Crippen molar-refractivity contribution in [2.75, 3.05) is 13.7 Å². The predicted molar refractivity (Wildman–Crippen MR) is 113 cm³/mol. The van der Waals surface area contributed by atoms with Gasteiger partial charge >= 0.3 is 0 Å². The van der Waals surface area contributed by atoms with Crippen LogP contribution < -0.4 is 0 Å². The molecule has 8 unspecified atom stereocenters. The van der Waals surface area contributed by atoms with E-state index in [1.54, 1.807) is 12.7 Å². The van der Waals surface area contributed by atoms with E-state index >= 15 is 0 Å². The monoisotopic (exact) mass is 390 g/mol. The van der Waals surface area contributed by atoms with Crippen molar-refractivity contribution in [1.82, 2.24) is 0 Å². The van der Waals surface area contributed by atoms with Gasteiger partial charge in [-0.3, -0.25) is 0 Å². The number of fused-ring (bicyclic) bond motifs is 5. The summed E-state index contributed by atoms with van der Waals surface area (Å²) in [6.45, 7) is 3.28. The highest BCUT2D eigenvalue weighted by Gasteiger charge is 2.55. The fraction of sp³-hybridized carbons (Fsp3) is 0.920. The Kier molecular flexibility index (Phi) is 6.54. The van der Waals surface area contributed by atoms with Crippen molar-refractivity contribution in [1.29, 1.82) is 0 Å². The standard InChI is InChI=1S/C25H42O3/c1-25-14-12-22-21-10-8-20(27)16-17(21)6-9-23(22)24(25)11-7-18(25)4-3-5-19(26)13-15-28-2/h6,18-24,26-27H,3-5,7-16H2,1-2H3. The van der Waals surface area contributed by atoms with Crippen molar-refractivity contribution >= 4 is 0 Å². The Labute approximate surface area is 171 Å². The van der Waals surface area contributed by atoms with Crippen LogP contribution in [0.25, 0.3) is 0 Å². The molecule has 0 radical (unpaired) electrons. The molecule has 8 atom stereocenters. The molecule has 0 spiro atoms. The molecular weight excluding hydrogens is 348 g/mol. The zero-order chi connectivity index (χ0) is 19.7. The van der Waals surface area contributed by atoms with Crippen LogP contribution in [0.1, 0.15) is 84.0 Å². The molecule has 2 N–H and O–H groups in total. The summed E-state index contributed by atoms with van der Waals surface area (Å²) in [5, 5.41) is 20.2. The normalized spacial score (nSPS) is 43.6. The first-order chi connectivity index (χ1) is 13.5. The van der Waals surface area contributed by atoms with E-state index in [1.165, 1.54) is 44.9 Å². The van der Waals surface area contributed by atoms with Gasteiger partial charge in [-0.2, -0.15) is 0 Å². The number of aliphatic hydroxyl groups is 2. The van der Waals surface area contributed by atoms with Crippen LogP contribution in [-0.4, -0.2) is 36.1 Å². The molecule has 4 rings (SSSR count). The van der Waals surface area contributed by atoms with Gasteiger partial charge in [0, 0.05) is 13.7 Å². The summed E-state index contributed by atoms with van der Waals surface area (Å²) in [4.78, 5) is 0. The third-order valence-corrected chi connectivity index (χ3v) is 9.36. The zero-order valence-electron chi connectivity index (χ0n) is 18.1. The lowest BCUT2D eigenvalue weighted by Crippen LogP contribution is -2.46. The van der Waals surface area contributed by atoms with Gasteiger partial charge in [0.15, 0.2) is 0 Å². The minimum absolute atomic E-state index is 0.0805. The molecule has 0 heterocycles. The third kappa shape index (κ3) is 3.96. The van der Waals surface area contributed by atoms with E-state index < -0.39 is 0 Å². The quantitative estimate of drug-likeness (QED) is 0.594. The van der Waals surface area contributed by atoms with Crippen molar-refractivity contribution < 1.29 is 14.9 Å². The number of methoxy groups -OCH3 is 1. The lowest BCUT2D eigenvalue weighted by molar-refractivity contribution is -0.0206. The van der Waals surface area contributed by atoms with E-state index in [9.17, 15) is 10.2 Å². The lowest BCUT2D eigenvalue weighted by Gasteiger charge is -2.54. The van der Waals surface area contributed by atoms with E-state index in [2.05, 4.69) is 13.0 Å². The van der Waals surface area contributed by atoms with Crippen LogP contribution in [0, 0.1) is 35.0 Å². The van der Waals surface area contributed by atoms with Crippen molar-refractivity contribution in [3.8, 4) is 0 Å². The van der Waals surface area contributed by atoms with Gasteiger partial charge in [0.2, 0.25) is 0 Å². The van der Waals surface area contributed by atoms with Gasteiger partial charge in [0.1, 0.15) is 0 Å². The summed E-state index contributed by atoms with van der Waals surface area (Å²) in [5.74, 6) is 4.31. The number of allylic oxidation sites excluding steroid dienone is 1. The highest BCUT2D eigenvalue weighted by Crippen LogP contribution is 2.64. The molecule has 4 aliphatic rings. The Balaban J connectivity index is 1.36. The highest BCUT2D eigenvalue weighted by molar-refractivity contribution is 5.20. The molecule has 3 saturated carbocycles. The second-order valence-electron chi connectivity index (χ2n) is 10.7. The molecule has 4 aliphatic carbocycles. The number of ether oxygens (including phenoxy) is 1. The van der Waals surface area contributed by atoms with Crippen LogP contribution in [0.4, 0.5) is 0 Å². The average Bonchev–Trinajstić information content (AvgIpc) is 3.02. The van der Waals surface area contributed by atoms with Gasteiger partial charge in [-0.15, -0.1) is 0 Å². The van der Waals surface area contributed by atoms with Gasteiger partial charge < -0.3 is 14.9 Å². The van der Waals surface area contributed by atoms with Crippen LogP contribution in [0.3, 0.4) is 0 Å². The Morgan fingerprint density at radius 2 is 2.00 bits per heavy atom. The first kappa shape index (κ1) is 20.9. The molecule has 28 heavy (non-hydrogen) atoms.